The molecule has 1 fully saturated rings. The molecule has 3 aliphatic rings. The first-order valence-electron chi connectivity index (χ1n) is 10.3. The van der Waals surface area contributed by atoms with Crippen molar-refractivity contribution in [2.24, 2.45) is 17.8 Å². The molecule has 0 heterocycles. The molecule has 0 amide bonds. The van der Waals surface area contributed by atoms with Crippen LogP contribution in [0.25, 0.3) is 11.1 Å². The third-order valence-electron chi connectivity index (χ3n) is 6.84. The fraction of sp³-hybridized carbons (Fsp3) is 0.520. The normalized spacial score (nSPS) is 31.0. The second kappa shape index (κ2) is 6.98. The summed E-state index contributed by atoms with van der Waals surface area (Å²) in [5, 5.41) is 0. The van der Waals surface area contributed by atoms with Crippen LogP contribution in [-0.2, 0) is 0 Å². The fourth-order valence-electron chi connectivity index (χ4n) is 5.62. The molecule has 4 rings (SSSR count). The summed E-state index contributed by atoms with van der Waals surface area (Å²) in [7, 11) is 0. The SMILES string of the molecule is C=CCCC1=CC(C)c2c1cccc2C1=CCCC2CCC(C)CC12. The summed E-state index contributed by atoms with van der Waals surface area (Å²) in [6.45, 7) is 8.74. The molecule has 1 aromatic rings. The lowest BCUT2D eigenvalue weighted by Crippen LogP contribution is -2.27. The molecular weight excluding hydrogens is 300 g/mol. The fourth-order valence-corrected chi connectivity index (χ4v) is 5.62. The van der Waals surface area contributed by atoms with Crippen LogP contribution in [0.5, 0.6) is 0 Å². The van der Waals surface area contributed by atoms with Crippen LogP contribution in [0.3, 0.4) is 0 Å². The van der Waals surface area contributed by atoms with Crippen LogP contribution < -0.4 is 0 Å². The van der Waals surface area contributed by atoms with E-state index in [2.05, 4.69) is 50.8 Å². The summed E-state index contributed by atoms with van der Waals surface area (Å²) in [5.74, 6) is 3.16. The number of benzene rings is 1. The maximum Gasteiger partial charge on any atom is 0.000767 e. The van der Waals surface area contributed by atoms with E-state index < -0.39 is 0 Å². The molecule has 25 heavy (non-hydrogen) atoms. The topological polar surface area (TPSA) is 0 Å². The van der Waals surface area contributed by atoms with Gasteiger partial charge in [0.2, 0.25) is 0 Å². The summed E-state index contributed by atoms with van der Waals surface area (Å²) in [6.07, 6.45) is 16.3. The Bertz CT molecular complexity index is 718. The van der Waals surface area contributed by atoms with Crippen LogP contribution in [0.1, 0.15) is 81.4 Å². The summed E-state index contributed by atoms with van der Waals surface area (Å²) >= 11 is 0. The first-order chi connectivity index (χ1) is 12.2. The number of rotatable bonds is 4. The van der Waals surface area contributed by atoms with Crippen LogP contribution in [0.2, 0.25) is 0 Å². The molecule has 1 saturated carbocycles. The minimum absolute atomic E-state index is 0.549. The van der Waals surface area contributed by atoms with Crippen molar-refractivity contribution in [3.63, 3.8) is 0 Å². The average molecular weight is 333 g/mol. The maximum absolute atomic E-state index is 3.90. The second-order valence-electron chi connectivity index (χ2n) is 8.60. The largest absolute Gasteiger partial charge is 0.103 e. The molecular formula is C25H32. The third-order valence-corrected chi connectivity index (χ3v) is 6.84. The highest BCUT2D eigenvalue weighted by atomic mass is 14.4. The van der Waals surface area contributed by atoms with E-state index in [1.54, 1.807) is 16.7 Å². The van der Waals surface area contributed by atoms with Gasteiger partial charge >= 0.3 is 0 Å². The van der Waals surface area contributed by atoms with E-state index in [0.29, 0.717) is 5.92 Å². The molecule has 0 aromatic heterocycles. The number of hydrogen-bond donors (Lipinski definition) is 0. The Morgan fingerprint density at radius 3 is 2.80 bits per heavy atom. The molecule has 132 valence electrons. The zero-order valence-corrected chi connectivity index (χ0v) is 15.9. The van der Waals surface area contributed by atoms with Gasteiger partial charge in [0.1, 0.15) is 0 Å². The van der Waals surface area contributed by atoms with Crippen LogP contribution >= 0.6 is 0 Å². The Labute approximate surface area is 153 Å². The van der Waals surface area contributed by atoms with Gasteiger partial charge in [-0.1, -0.05) is 56.7 Å². The van der Waals surface area contributed by atoms with Gasteiger partial charge in [0, 0.05) is 5.92 Å². The van der Waals surface area contributed by atoms with E-state index in [1.807, 2.05) is 6.08 Å². The number of allylic oxidation sites excluding steroid dienone is 5. The highest BCUT2D eigenvalue weighted by Gasteiger charge is 2.35. The van der Waals surface area contributed by atoms with Gasteiger partial charge in [-0.15, -0.1) is 6.58 Å². The van der Waals surface area contributed by atoms with Crippen molar-refractivity contribution < 1.29 is 0 Å². The van der Waals surface area contributed by atoms with Gasteiger partial charge in [0.05, 0.1) is 0 Å². The lowest BCUT2D eigenvalue weighted by Gasteiger charge is -2.40. The van der Waals surface area contributed by atoms with Crippen LogP contribution in [0.15, 0.2) is 43.0 Å². The average Bonchev–Trinajstić information content (AvgIpc) is 2.95. The van der Waals surface area contributed by atoms with Crippen LogP contribution in [-0.4, -0.2) is 0 Å². The molecule has 0 bridgehead atoms. The van der Waals surface area contributed by atoms with Crippen molar-refractivity contribution >= 4 is 11.1 Å². The quantitative estimate of drug-likeness (QED) is 0.504. The van der Waals surface area contributed by atoms with Gasteiger partial charge < -0.3 is 0 Å². The van der Waals surface area contributed by atoms with Gasteiger partial charge in [-0.05, 0) is 84.1 Å². The Kier molecular flexibility index (Phi) is 4.71. The van der Waals surface area contributed by atoms with Crippen molar-refractivity contribution in [3.05, 3.63) is 59.7 Å². The predicted octanol–water partition coefficient (Wildman–Crippen LogP) is 7.38. The lowest BCUT2D eigenvalue weighted by atomic mass is 9.65. The van der Waals surface area contributed by atoms with E-state index in [4.69, 9.17) is 0 Å². The standard InChI is InChI=1S/C25H32/c1-4-5-8-20-16-18(3)25-21(20)10-7-12-23(25)22-11-6-9-19-14-13-17(2)15-24(19)22/h4,7,10-12,16-19,24H,1,5-6,8-9,13-15H2,2-3H3. The molecule has 0 nitrogen and oxygen atoms in total. The molecule has 0 spiro atoms. The van der Waals surface area contributed by atoms with Gasteiger partial charge in [-0.2, -0.15) is 0 Å². The molecule has 3 aliphatic carbocycles. The molecule has 0 saturated heterocycles. The van der Waals surface area contributed by atoms with Gasteiger partial charge in [-0.25, -0.2) is 0 Å². The van der Waals surface area contributed by atoms with E-state index in [9.17, 15) is 0 Å². The zero-order chi connectivity index (χ0) is 17.4. The van der Waals surface area contributed by atoms with E-state index in [-0.39, 0.29) is 0 Å². The summed E-state index contributed by atoms with van der Waals surface area (Å²) in [5.41, 5.74) is 7.91. The van der Waals surface area contributed by atoms with Gasteiger partial charge in [-0.3, -0.25) is 0 Å². The molecule has 0 heteroatoms. The molecule has 0 radical (unpaired) electrons. The molecule has 0 N–H and O–H groups in total. The monoisotopic (exact) mass is 332 g/mol. The first kappa shape index (κ1) is 16.9. The van der Waals surface area contributed by atoms with E-state index >= 15 is 0 Å². The van der Waals surface area contributed by atoms with E-state index in [1.165, 1.54) is 43.2 Å². The second-order valence-corrected chi connectivity index (χ2v) is 8.60. The van der Waals surface area contributed by atoms with Crippen molar-refractivity contribution in [1.29, 1.82) is 0 Å². The molecule has 0 aliphatic heterocycles. The number of hydrogen-bond acceptors (Lipinski definition) is 0. The zero-order valence-electron chi connectivity index (χ0n) is 15.9. The van der Waals surface area contributed by atoms with Crippen molar-refractivity contribution in [3.8, 4) is 0 Å². The smallest absolute Gasteiger partial charge is 0.000767 e. The van der Waals surface area contributed by atoms with Crippen LogP contribution in [0, 0.1) is 17.8 Å². The highest BCUT2D eigenvalue weighted by Crippen LogP contribution is 2.50. The van der Waals surface area contributed by atoms with Crippen molar-refractivity contribution in [2.75, 3.05) is 0 Å². The third kappa shape index (κ3) is 3.05. The Balaban J connectivity index is 1.71. The maximum atomic E-state index is 3.90. The molecule has 4 atom stereocenters. The molecule has 4 unspecified atom stereocenters. The predicted molar refractivity (Wildman–Crippen MR) is 109 cm³/mol. The van der Waals surface area contributed by atoms with E-state index in [0.717, 1.165) is 30.6 Å². The minimum Gasteiger partial charge on any atom is -0.103 e. The Morgan fingerprint density at radius 1 is 1.12 bits per heavy atom. The van der Waals surface area contributed by atoms with Crippen LogP contribution in [0.4, 0.5) is 0 Å². The summed E-state index contributed by atoms with van der Waals surface area (Å²) in [6, 6.07) is 7.05. The van der Waals surface area contributed by atoms with Gasteiger partial charge in [0.15, 0.2) is 0 Å². The summed E-state index contributed by atoms with van der Waals surface area (Å²) in [4.78, 5) is 0. The van der Waals surface area contributed by atoms with Crippen molar-refractivity contribution in [1.82, 2.24) is 0 Å². The Hall–Kier alpha value is -1.56. The minimum atomic E-state index is 0.549. The van der Waals surface area contributed by atoms with Crippen molar-refractivity contribution in [2.45, 2.75) is 64.7 Å². The first-order valence-corrected chi connectivity index (χ1v) is 10.3. The highest BCUT2D eigenvalue weighted by molar-refractivity contribution is 5.82. The lowest BCUT2D eigenvalue weighted by molar-refractivity contribution is 0.218. The molecule has 1 aromatic carbocycles. The number of fused-ring (bicyclic) bond motifs is 2. The Morgan fingerprint density at radius 2 is 1.96 bits per heavy atom. The van der Waals surface area contributed by atoms with Gasteiger partial charge in [0.25, 0.3) is 0 Å². The summed E-state index contributed by atoms with van der Waals surface area (Å²) < 4.78 is 0.